The molecule has 0 atom stereocenters. The number of aromatic nitrogens is 1. The summed E-state index contributed by atoms with van der Waals surface area (Å²) in [4.78, 5) is 18.7. The van der Waals surface area contributed by atoms with Gasteiger partial charge in [-0.3, -0.25) is 4.79 Å². The average molecular weight is 374 g/mol. The maximum Gasteiger partial charge on any atom is 0.259 e. The van der Waals surface area contributed by atoms with Crippen LogP contribution in [-0.4, -0.2) is 23.5 Å². The molecule has 2 aromatic rings. The zero-order valence-electron chi connectivity index (χ0n) is 16.6. The molecule has 0 radical (unpaired) electrons. The first kappa shape index (κ1) is 18.6. The van der Waals surface area contributed by atoms with Crippen LogP contribution in [0, 0.1) is 32.1 Å². The van der Waals surface area contributed by atoms with Gasteiger partial charge in [0.05, 0.1) is 11.3 Å². The second kappa shape index (κ2) is 7.33. The quantitative estimate of drug-likeness (QED) is 0.631. The fourth-order valence-corrected chi connectivity index (χ4v) is 4.44. The van der Waals surface area contributed by atoms with Crippen LogP contribution in [0.25, 0.3) is 11.6 Å². The molecule has 1 aromatic carbocycles. The molecule has 1 saturated carbocycles. The monoisotopic (exact) mass is 373 g/mol. The number of carbonyl (C=O) groups excluding carboxylic acids is 1. The number of benzene rings is 1. The number of terminal acetylenes is 1. The highest BCUT2D eigenvalue weighted by Crippen LogP contribution is 2.40. The van der Waals surface area contributed by atoms with E-state index in [2.05, 4.69) is 23.9 Å². The van der Waals surface area contributed by atoms with Crippen molar-refractivity contribution in [3.05, 3.63) is 52.3 Å². The van der Waals surface area contributed by atoms with E-state index < -0.39 is 0 Å². The van der Waals surface area contributed by atoms with Gasteiger partial charge in [0.15, 0.2) is 0 Å². The lowest BCUT2D eigenvalue weighted by Crippen LogP contribution is -2.36. The zero-order valence-corrected chi connectivity index (χ0v) is 16.6. The molecule has 1 fully saturated rings. The van der Waals surface area contributed by atoms with E-state index in [-0.39, 0.29) is 5.91 Å². The Balaban J connectivity index is 1.71. The van der Waals surface area contributed by atoms with Crippen LogP contribution in [0.2, 0.25) is 0 Å². The van der Waals surface area contributed by atoms with Gasteiger partial charge in [-0.25, -0.2) is 0 Å². The molecule has 4 rings (SSSR count). The van der Waals surface area contributed by atoms with Gasteiger partial charge in [-0.15, -0.1) is 6.42 Å². The first-order chi connectivity index (χ1) is 13.5. The van der Waals surface area contributed by atoms with Crippen LogP contribution in [0.5, 0.6) is 0 Å². The second-order valence-electron chi connectivity index (χ2n) is 8.18. The normalized spacial score (nSPS) is 23.1. The van der Waals surface area contributed by atoms with Gasteiger partial charge in [0.2, 0.25) is 0 Å². The summed E-state index contributed by atoms with van der Waals surface area (Å²) in [6.45, 7) is 4.81. The summed E-state index contributed by atoms with van der Waals surface area (Å²) < 4.78 is 0. The van der Waals surface area contributed by atoms with Gasteiger partial charge < -0.3 is 15.6 Å². The number of nitrogens with one attached hydrogen (secondary N) is 1. The minimum absolute atomic E-state index is 0.0608. The van der Waals surface area contributed by atoms with Crippen molar-refractivity contribution in [3.8, 4) is 12.3 Å². The zero-order chi connectivity index (χ0) is 19.8. The number of hydrogen-bond donors (Lipinski definition) is 2. The van der Waals surface area contributed by atoms with E-state index in [1.54, 1.807) is 0 Å². The van der Waals surface area contributed by atoms with Crippen molar-refractivity contribution in [1.82, 2.24) is 4.98 Å². The van der Waals surface area contributed by atoms with Crippen LogP contribution in [-0.2, 0) is 4.79 Å². The van der Waals surface area contributed by atoms with Crippen molar-refractivity contribution < 1.29 is 4.79 Å². The number of H-pyrrole nitrogens is 1. The van der Waals surface area contributed by atoms with E-state index in [0.29, 0.717) is 12.0 Å². The van der Waals surface area contributed by atoms with Gasteiger partial charge >= 0.3 is 0 Å². The number of anilines is 1. The van der Waals surface area contributed by atoms with Gasteiger partial charge in [0.1, 0.15) is 0 Å². The van der Waals surface area contributed by atoms with Gasteiger partial charge in [0.25, 0.3) is 5.91 Å². The summed E-state index contributed by atoms with van der Waals surface area (Å²) in [5, 5.41) is 0. The first-order valence-corrected chi connectivity index (χ1v) is 10.0. The van der Waals surface area contributed by atoms with Crippen LogP contribution >= 0.6 is 0 Å². The molecule has 1 aliphatic heterocycles. The van der Waals surface area contributed by atoms with Gasteiger partial charge in [0, 0.05) is 35.1 Å². The third-order valence-electron chi connectivity index (χ3n) is 6.03. The average Bonchev–Trinajstić information content (AvgIpc) is 3.13. The predicted molar refractivity (Wildman–Crippen MR) is 115 cm³/mol. The first-order valence-electron chi connectivity index (χ1n) is 10.0. The largest absolute Gasteiger partial charge is 0.359 e. The van der Waals surface area contributed by atoms with E-state index in [0.717, 1.165) is 71.6 Å². The summed E-state index contributed by atoms with van der Waals surface area (Å²) in [5.74, 6) is 3.25. The van der Waals surface area contributed by atoms with Crippen molar-refractivity contribution in [2.45, 2.75) is 45.6 Å². The van der Waals surface area contributed by atoms with Crippen molar-refractivity contribution >= 4 is 23.2 Å². The number of aryl methyl sites for hydroxylation is 2. The molecule has 144 valence electrons. The Morgan fingerprint density at radius 2 is 2.00 bits per heavy atom. The molecular formula is C24H27N3O. The molecule has 1 aromatic heterocycles. The summed E-state index contributed by atoms with van der Waals surface area (Å²) in [5.41, 5.74) is 12.7. The van der Waals surface area contributed by atoms with Crippen molar-refractivity contribution in [2.75, 3.05) is 11.4 Å². The third kappa shape index (κ3) is 3.39. The van der Waals surface area contributed by atoms with E-state index in [1.807, 2.05) is 36.1 Å². The minimum Gasteiger partial charge on any atom is -0.359 e. The molecule has 0 unspecified atom stereocenters. The summed E-state index contributed by atoms with van der Waals surface area (Å²) in [7, 11) is 0. The summed E-state index contributed by atoms with van der Waals surface area (Å²) >= 11 is 0. The van der Waals surface area contributed by atoms with Crippen molar-refractivity contribution in [1.29, 1.82) is 0 Å². The molecule has 0 spiro atoms. The maximum absolute atomic E-state index is 13.4. The highest BCUT2D eigenvalue weighted by Gasteiger charge is 2.34. The lowest BCUT2D eigenvalue weighted by atomic mass is 9.86. The smallest absolute Gasteiger partial charge is 0.259 e. The van der Waals surface area contributed by atoms with E-state index in [9.17, 15) is 4.79 Å². The number of amides is 1. The number of nitrogens with zero attached hydrogens (tertiary/aromatic N) is 1. The fourth-order valence-electron chi connectivity index (χ4n) is 4.44. The molecule has 4 heteroatoms. The lowest BCUT2D eigenvalue weighted by molar-refractivity contribution is -0.113. The number of nitrogens with two attached hydrogens (primary N) is 1. The maximum atomic E-state index is 13.4. The van der Waals surface area contributed by atoms with E-state index in [4.69, 9.17) is 12.2 Å². The molecule has 2 heterocycles. The SMILES string of the molecule is C#Cc1ccc2c(c1)N(CC1CCC(N)CC1)C(=O)/C2=C\c1[nH]c(C)cc1C. The lowest BCUT2D eigenvalue weighted by Gasteiger charge is -2.29. The number of rotatable bonds is 3. The Hall–Kier alpha value is -2.77. The molecule has 1 aliphatic carbocycles. The Morgan fingerprint density at radius 3 is 2.64 bits per heavy atom. The van der Waals surface area contributed by atoms with Gasteiger partial charge in [-0.1, -0.05) is 12.0 Å². The van der Waals surface area contributed by atoms with Crippen LogP contribution in [0.4, 0.5) is 5.69 Å². The Morgan fingerprint density at radius 1 is 1.25 bits per heavy atom. The minimum atomic E-state index is 0.0608. The molecule has 4 nitrogen and oxygen atoms in total. The van der Waals surface area contributed by atoms with E-state index >= 15 is 0 Å². The molecule has 0 saturated heterocycles. The number of carbonyl (C=O) groups is 1. The van der Waals surface area contributed by atoms with Crippen LogP contribution in [0.3, 0.4) is 0 Å². The highest BCUT2D eigenvalue weighted by atomic mass is 16.2. The number of aromatic amines is 1. The molecule has 28 heavy (non-hydrogen) atoms. The molecule has 0 bridgehead atoms. The second-order valence-corrected chi connectivity index (χ2v) is 8.18. The molecule has 3 N–H and O–H groups in total. The standard InChI is InChI=1S/C24H27N3O/c1-4-17-7-10-20-21(13-22-15(2)11-16(3)26-22)24(28)27(23(20)12-17)14-18-5-8-19(25)9-6-18/h1,7,10-13,18-19,26H,5-6,8-9,14,25H2,2-3H3/b21-13-. The Labute approximate surface area is 166 Å². The van der Waals surface area contributed by atoms with Gasteiger partial charge in [-0.05, 0) is 75.3 Å². The molecular weight excluding hydrogens is 346 g/mol. The van der Waals surface area contributed by atoms with Crippen molar-refractivity contribution in [3.63, 3.8) is 0 Å². The van der Waals surface area contributed by atoms with E-state index in [1.165, 1.54) is 0 Å². The Bertz CT molecular complexity index is 984. The number of fused-ring (bicyclic) bond motifs is 1. The highest BCUT2D eigenvalue weighted by molar-refractivity contribution is 6.35. The third-order valence-corrected chi connectivity index (χ3v) is 6.03. The van der Waals surface area contributed by atoms with Gasteiger partial charge in [-0.2, -0.15) is 0 Å². The summed E-state index contributed by atoms with van der Waals surface area (Å²) in [6.07, 6.45) is 11.8. The number of hydrogen-bond acceptors (Lipinski definition) is 2. The van der Waals surface area contributed by atoms with Crippen LogP contribution in [0.1, 0.15) is 53.8 Å². The predicted octanol–water partition coefficient (Wildman–Crippen LogP) is 4.02. The summed E-state index contributed by atoms with van der Waals surface area (Å²) in [6, 6.07) is 8.26. The topological polar surface area (TPSA) is 62.1 Å². The van der Waals surface area contributed by atoms with Crippen LogP contribution < -0.4 is 10.6 Å². The molecule has 1 amide bonds. The van der Waals surface area contributed by atoms with Crippen molar-refractivity contribution in [2.24, 2.45) is 11.7 Å². The fraction of sp³-hybridized carbons (Fsp3) is 0.375. The Kier molecular flexibility index (Phi) is 4.87. The van der Waals surface area contributed by atoms with Crippen LogP contribution in [0.15, 0.2) is 24.3 Å². The molecule has 2 aliphatic rings.